The van der Waals surface area contributed by atoms with Gasteiger partial charge in [0.2, 0.25) is 0 Å². The van der Waals surface area contributed by atoms with Crippen LogP contribution in [-0.2, 0) is 6.61 Å². The Labute approximate surface area is 128 Å². The zero-order chi connectivity index (χ0) is 14.6. The van der Waals surface area contributed by atoms with Crippen LogP contribution in [0.2, 0.25) is 5.02 Å². The van der Waals surface area contributed by atoms with Crippen molar-refractivity contribution in [3.8, 4) is 5.75 Å². The normalized spacial score (nSPS) is 10.8. The largest absolute Gasteiger partial charge is 0.493 e. The van der Waals surface area contributed by atoms with Gasteiger partial charge in [0.05, 0.1) is 13.2 Å². The molecule has 0 saturated heterocycles. The maximum absolute atomic E-state index is 9.28. The number of halogens is 1. The molecule has 0 aliphatic heterocycles. The molecule has 0 bridgehead atoms. The molecule has 1 N–H and O–H groups in total. The lowest BCUT2D eigenvalue weighted by molar-refractivity contribution is 0.260. The molecule has 0 atom stereocenters. The zero-order valence-corrected chi connectivity index (χ0v) is 13.3. The van der Waals surface area contributed by atoms with Crippen molar-refractivity contribution in [2.75, 3.05) is 6.61 Å². The Bertz CT molecular complexity index is 366. The molecule has 0 aliphatic carbocycles. The Morgan fingerprint density at radius 3 is 2.30 bits per heavy atom. The first-order valence-corrected chi connectivity index (χ1v) is 8.18. The molecule has 2 nitrogen and oxygen atoms in total. The van der Waals surface area contributed by atoms with E-state index in [1.165, 1.54) is 44.9 Å². The molecule has 0 heterocycles. The fourth-order valence-corrected chi connectivity index (χ4v) is 2.47. The van der Waals surface area contributed by atoms with E-state index in [9.17, 15) is 5.11 Å². The van der Waals surface area contributed by atoms with Crippen molar-refractivity contribution in [1.29, 1.82) is 0 Å². The van der Waals surface area contributed by atoms with Gasteiger partial charge in [0, 0.05) is 10.6 Å². The van der Waals surface area contributed by atoms with E-state index in [1.807, 2.05) is 12.1 Å². The van der Waals surface area contributed by atoms with Crippen molar-refractivity contribution in [2.45, 2.75) is 64.9 Å². The van der Waals surface area contributed by atoms with E-state index in [4.69, 9.17) is 16.3 Å². The quantitative estimate of drug-likeness (QED) is 0.558. The molecular formula is C17H27ClO2. The van der Waals surface area contributed by atoms with Gasteiger partial charge in [0.25, 0.3) is 0 Å². The number of ether oxygens (including phenoxy) is 1. The van der Waals surface area contributed by atoms with Crippen molar-refractivity contribution in [3.63, 3.8) is 0 Å². The second-order valence-electron chi connectivity index (χ2n) is 5.20. The summed E-state index contributed by atoms with van der Waals surface area (Å²) in [5.74, 6) is 0.711. The van der Waals surface area contributed by atoms with Gasteiger partial charge in [-0.3, -0.25) is 0 Å². The van der Waals surface area contributed by atoms with E-state index in [0.29, 0.717) is 22.9 Å². The van der Waals surface area contributed by atoms with Crippen molar-refractivity contribution >= 4 is 11.6 Å². The second kappa shape index (κ2) is 11.0. The van der Waals surface area contributed by atoms with Gasteiger partial charge in [0.15, 0.2) is 0 Å². The molecule has 20 heavy (non-hydrogen) atoms. The Hall–Kier alpha value is -0.730. The van der Waals surface area contributed by atoms with Crippen LogP contribution < -0.4 is 4.74 Å². The van der Waals surface area contributed by atoms with Crippen LogP contribution in [0.5, 0.6) is 5.75 Å². The van der Waals surface area contributed by atoms with Crippen LogP contribution in [0, 0.1) is 0 Å². The minimum Gasteiger partial charge on any atom is -0.493 e. The highest BCUT2D eigenvalue weighted by molar-refractivity contribution is 6.31. The Morgan fingerprint density at radius 2 is 1.65 bits per heavy atom. The van der Waals surface area contributed by atoms with Crippen LogP contribution >= 0.6 is 11.6 Å². The fourth-order valence-electron chi connectivity index (χ4n) is 2.25. The van der Waals surface area contributed by atoms with Crippen molar-refractivity contribution < 1.29 is 9.84 Å². The number of benzene rings is 1. The number of rotatable bonds is 11. The summed E-state index contributed by atoms with van der Waals surface area (Å²) in [5.41, 5.74) is 0.689. The summed E-state index contributed by atoms with van der Waals surface area (Å²) in [7, 11) is 0. The first-order valence-electron chi connectivity index (χ1n) is 7.80. The molecule has 1 rings (SSSR count). The highest BCUT2D eigenvalue weighted by atomic mass is 35.5. The van der Waals surface area contributed by atoms with E-state index in [0.717, 1.165) is 6.42 Å². The average molecular weight is 299 g/mol. The Balaban J connectivity index is 2.11. The van der Waals surface area contributed by atoms with Crippen LogP contribution in [0.1, 0.15) is 63.9 Å². The smallest absolute Gasteiger partial charge is 0.126 e. The van der Waals surface area contributed by atoms with Crippen LogP contribution in [0.4, 0.5) is 0 Å². The van der Waals surface area contributed by atoms with Gasteiger partial charge >= 0.3 is 0 Å². The average Bonchev–Trinajstić information content (AvgIpc) is 2.45. The van der Waals surface area contributed by atoms with E-state index >= 15 is 0 Å². The van der Waals surface area contributed by atoms with Crippen molar-refractivity contribution in [3.05, 3.63) is 28.8 Å². The number of aliphatic hydroxyl groups excluding tert-OH is 1. The number of hydrogen-bond donors (Lipinski definition) is 1. The van der Waals surface area contributed by atoms with E-state index < -0.39 is 0 Å². The molecule has 114 valence electrons. The summed E-state index contributed by atoms with van der Waals surface area (Å²) in [6.45, 7) is 2.86. The van der Waals surface area contributed by atoms with Gasteiger partial charge in [-0.05, 0) is 18.6 Å². The number of unbranched alkanes of at least 4 members (excludes halogenated alkanes) is 7. The predicted molar refractivity (Wildman–Crippen MR) is 85.5 cm³/mol. The van der Waals surface area contributed by atoms with Crippen molar-refractivity contribution in [2.24, 2.45) is 0 Å². The van der Waals surface area contributed by atoms with Crippen molar-refractivity contribution in [1.82, 2.24) is 0 Å². The maximum Gasteiger partial charge on any atom is 0.126 e. The lowest BCUT2D eigenvalue weighted by atomic mass is 10.1. The molecule has 0 aromatic heterocycles. The third-order valence-corrected chi connectivity index (χ3v) is 3.84. The standard InChI is InChI=1S/C17H27ClO2/c1-2-3-4-5-6-7-8-9-13-20-17-12-10-11-16(18)15(17)14-19/h10-12,19H,2-9,13-14H2,1H3. The first kappa shape index (κ1) is 17.3. The number of aliphatic hydroxyl groups is 1. The lowest BCUT2D eigenvalue weighted by Gasteiger charge is -2.11. The molecule has 0 aliphatic rings. The highest BCUT2D eigenvalue weighted by Crippen LogP contribution is 2.26. The SMILES string of the molecule is CCCCCCCCCCOc1cccc(Cl)c1CO. The molecule has 1 aromatic rings. The zero-order valence-electron chi connectivity index (χ0n) is 12.5. The Morgan fingerprint density at radius 1 is 1.00 bits per heavy atom. The third kappa shape index (κ3) is 6.62. The van der Waals surface area contributed by atoms with Crippen LogP contribution in [0.15, 0.2) is 18.2 Å². The van der Waals surface area contributed by atoms with Gasteiger partial charge in [-0.1, -0.05) is 69.5 Å². The third-order valence-electron chi connectivity index (χ3n) is 3.49. The molecule has 0 amide bonds. The molecule has 3 heteroatoms. The predicted octanol–water partition coefficient (Wildman–Crippen LogP) is 5.35. The molecule has 0 saturated carbocycles. The van der Waals surface area contributed by atoms with Crippen LogP contribution in [0.25, 0.3) is 0 Å². The van der Waals surface area contributed by atoms with E-state index in [2.05, 4.69) is 6.92 Å². The van der Waals surface area contributed by atoms with Gasteiger partial charge in [-0.15, -0.1) is 0 Å². The van der Waals surface area contributed by atoms with Crippen LogP contribution in [-0.4, -0.2) is 11.7 Å². The van der Waals surface area contributed by atoms with Gasteiger partial charge in [-0.25, -0.2) is 0 Å². The second-order valence-corrected chi connectivity index (χ2v) is 5.61. The van der Waals surface area contributed by atoms with Gasteiger partial charge in [-0.2, -0.15) is 0 Å². The van der Waals surface area contributed by atoms with Crippen LogP contribution in [0.3, 0.4) is 0 Å². The summed E-state index contributed by atoms with van der Waals surface area (Å²) in [6.07, 6.45) is 10.3. The fraction of sp³-hybridized carbons (Fsp3) is 0.647. The Kier molecular flexibility index (Phi) is 9.52. The summed E-state index contributed by atoms with van der Waals surface area (Å²) >= 11 is 6.01. The topological polar surface area (TPSA) is 29.5 Å². The first-order chi connectivity index (χ1) is 9.79. The molecule has 0 unspecified atom stereocenters. The monoisotopic (exact) mass is 298 g/mol. The minimum atomic E-state index is -0.0769. The molecule has 0 fully saturated rings. The summed E-state index contributed by atoms with van der Waals surface area (Å²) in [4.78, 5) is 0. The molecule has 0 spiro atoms. The summed E-state index contributed by atoms with van der Waals surface area (Å²) in [5, 5.41) is 9.85. The highest BCUT2D eigenvalue weighted by Gasteiger charge is 2.06. The van der Waals surface area contributed by atoms with Gasteiger partial charge < -0.3 is 9.84 Å². The summed E-state index contributed by atoms with van der Waals surface area (Å²) in [6, 6.07) is 5.49. The molecular weight excluding hydrogens is 272 g/mol. The minimum absolute atomic E-state index is 0.0769. The molecule has 1 aromatic carbocycles. The summed E-state index contributed by atoms with van der Waals surface area (Å²) < 4.78 is 5.71. The maximum atomic E-state index is 9.28. The number of hydrogen-bond acceptors (Lipinski definition) is 2. The van der Waals surface area contributed by atoms with E-state index in [1.54, 1.807) is 6.07 Å². The molecule has 0 radical (unpaired) electrons. The van der Waals surface area contributed by atoms with Gasteiger partial charge in [0.1, 0.15) is 5.75 Å². The lowest BCUT2D eigenvalue weighted by Crippen LogP contribution is -2.01. The van der Waals surface area contributed by atoms with E-state index in [-0.39, 0.29) is 6.61 Å².